The van der Waals surface area contributed by atoms with Crippen LogP contribution in [0.25, 0.3) is 0 Å². The number of hydrogen-bond acceptors (Lipinski definition) is 9. The first-order valence-corrected chi connectivity index (χ1v) is 8.82. The number of hydrogen-bond donors (Lipinski definition) is 4. The molecule has 5 atom stereocenters. The maximum Gasteiger partial charge on any atom is 0.327 e. The minimum atomic E-state index is -3.16. The Bertz CT molecular complexity index is 333. The summed E-state index contributed by atoms with van der Waals surface area (Å²) in [7, 11) is 0. The second-order valence-electron chi connectivity index (χ2n) is 4.08. The van der Waals surface area contributed by atoms with Crippen LogP contribution in [-0.2, 0) is 30.1 Å². The van der Waals surface area contributed by atoms with Gasteiger partial charge in [0.1, 0.15) is 24.4 Å². The van der Waals surface area contributed by atoms with E-state index in [1.165, 1.54) is 0 Å². The summed E-state index contributed by atoms with van der Waals surface area (Å²) < 4.78 is 20.8. The van der Waals surface area contributed by atoms with E-state index in [2.05, 4.69) is 0 Å². The molecule has 0 saturated carbocycles. The number of rotatable bonds is 7. The average molecular weight is 332 g/mol. The first kappa shape index (κ1) is 18.4. The summed E-state index contributed by atoms with van der Waals surface area (Å²) in [6, 6.07) is 0. The highest BCUT2D eigenvalue weighted by Crippen LogP contribution is 2.52. The lowest BCUT2D eigenvalue weighted by Crippen LogP contribution is -2.59. The molecular formula is C10H21O8PS. The van der Waals surface area contributed by atoms with Gasteiger partial charge in [0.2, 0.25) is 0 Å². The minimum absolute atomic E-state index is 0.235. The Kier molecular flexibility index (Phi) is 7.44. The maximum absolute atomic E-state index is 10.00. The molecule has 4 N–H and O–H groups in total. The van der Waals surface area contributed by atoms with Crippen molar-refractivity contribution in [3.63, 3.8) is 0 Å². The SMILES string of the molecule is CCOP(=S)(OCC)O[C@H]1[C@H](O)[C@@H](CO)OC(O)[C@@H]1O. The summed E-state index contributed by atoms with van der Waals surface area (Å²) >= 11 is 5.14. The van der Waals surface area contributed by atoms with Crippen LogP contribution >= 0.6 is 6.72 Å². The predicted molar refractivity (Wildman–Crippen MR) is 72.4 cm³/mol. The van der Waals surface area contributed by atoms with Gasteiger partial charge in [-0.15, -0.1) is 0 Å². The molecule has 0 aromatic carbocycles. The Labute approximate surface area is 122 Å². The molecule has 0 aromatic heterocycles. The molecule has 1 aliphatic heterocycles. The van der Waals surface area contributed by atoms with Crippen molar-refractivity contribution in [3.8, 4) is 0 Å². The van der Waals surface area contributed by atoms with E-state index in [4.69, 9.17) is 35.2 Å². The van der Waals surface area contributed by atoms with E-state index in [1.54, 1.807) is 13.8 Å². The van der Waals surface area contributed by atoms with Gasteiger partial charge in [-0.05, 0) is 25.7 Å². The first-order chi connectivity index (χ1) is 9.38. The number of aliphatic hydroxyl groups is 4. The first-order valence-electron chi connectivity index (χ1n) is 6.26. The molecule has 1 unspecified atom stereocenters. The van der Waals surface area contributed by atoms with Gasteiger partial charge in [0, 0.05) is 0 Å². The van der Waals surface area contributed by atoms with Gasteiger partial charge >= 0.3 is 6.72 Å². The fraction of sp³-hybridized carbons (Fsp3) is 1.00. The summed E-state index contributed by atoms with van der Waals surface area (Å²) in [5.74, 6) is 0. The Hall–Kier alpha value is 0.330. The zero-order valence-corrected chi connectivity index (χ0v) is 13.0. The average Bonchev–Trinajstić information content (AvgIpc) is 2.39. The summed E-state index contributed by atoms with van der Waals surface area (Å²) in [6.45, 7) is 0.164. The topological polar surface area (TPSA) is 118 Å². The van der Waals surface area contributed by atoms with Gasteiger partial charge in [0.15, 0.2) is 6.29 Å². The van der Waals surface area contributed by atoms with E-state index in [0.29, 0.717) is 0 Å². The van der Waals surface area contributed by atoms with E-state index in [0.717, 1.165) is 0 Å². The Morgan fingerprint density at radius 2 is 1.65 bits per heavy atom. The van der Waals surface area contributed by atoms with E-state index >= 15 is 0 Å². The van der Waals surface area contributed by atoms with Gasteiger partial charge in [-0.3, -0.25) is 4.52 Å². The third kappa shape index (κ3) is 4.41. The van der Waals surface area contributed by atoms with Crippen molar-refractivity contribution in [3.05, 3.63) is 0 Å². The fourth-order valence-electron chi connectivity index (χ4n) is 1.76. The summed E-state index contributed by atoms with van der Waals surface area (Å²) in [5, 5.41) is 38.5. The van der Waals surface area contributed by atoms with E-state index in [9.17, 15) is 15.3 Å². The number of ether oxygens (including phenoxy) is 1. The Morgan fingerprint density at radius 1 is 1.10 bits per heavy atom. The van der Waals surface area contributed by atoms with E-state index in [-0.39, 0.29) is 13.2 Å². The van der Waals surface area contributed by atoms with Gasteiger partial charge in [-0.1, -0.05) is 0 Å². The summed E-state index contributed by atoms with van der Waals surface area (Å²) in [5.41, 5.74) is 0. The molecule has 10 heteroatoms. The summed E-state index contributed by atoms with van der Waals surface area (Å²) in [6.07, 6.45) is -6.88. The highest BCUT2D eigenvalue weighted by atomic mass is 32.5. The summed E-state index contributed by atoms with van der Waals surface area (Å²) in [4.78, 5) is 0. The smallest absolute Gasteiger partial charge is 0.327 e. The molecule has 1 aliphatic rings. The van der Waals surface area contributed by atoms with Crippen molar-refractivity contribution in [2.45, 2.75) is 44.6 Å². The van der Waals surface area contributed by atoms with Crippen LogP contribution in [0.1, 0.15) is 13.8 Å². The van der Waals surface area contributed by atoms with Crippen LogP contribution < -0.4 is 0 Å². The molecule has 0 spiro atoms. The molecule has 120 valence electrons. The van der Waals surface area contributed by atoms with E-state index < -0.39 is 44.0 Å². The third-order valence-electron chi connectivity index (χ3n) is 2.67. The predicted octanol–water partition coefficient (Wildman–Crippen LogP) is -0.900. The number of aliphatic hydroxyl groups excluding tert-OH is 4. The lowest BCUT2D eigenvalue weighted by molar-refractivity contribution is -0.283. The van der Waals surface area contributed by atoms with Crippen molar-refractivity contribution in [2.75, 3.05) is 19.8 Å². The van der Waals surface area contributed by atoms with Crippen LogP contribution in [0.4, 0.5) is 0 Å². The molecule has 1 heterocycles. The van der Waals surface area contributed by atoms with Crippen LogP contribution in [0, 0.1) is 0 Å². The van der Waals surface area contributed by atoms with Crippen molar-refractivity contribution in [1.82, 2.24) is 0 Å². The Morgan fingerprint density at radius 3 is 2.10 bits per heavy atom. The second-order valence-corrected chi connectivity index (χ2v) is 7.04. The molecule has 0 aliphatic carbocycles. The normalized spacial score (nSPS) is 35.2. The van der Waals surface area contributed by atoms with Gasteiger partial charge in [-0.25, -0.2) is 0 Å². The van der Waals surface area contributed by atoms with Gasteiger partial charge in [-0.2, -0.15) is 0 Å². The molecule has 1 rings (SSSR count). The molecule has 1 fully saturated rings. The molecule has 20 heavy (non-hydrogen) atoms. The van der Waals surface area contributed by atoms with Crippen LogP contribution in [0.15, 0.2) is 0 Å². The van der Waals surface area contributed by atoms with Crippen molar-refractivity contribution >= 4 is 18.5 Å². The molecule has 1 saturated heterocycles. The van der Waals surface area contributed by atoms with Crippen molar-refractivity contribution < 1.29 is 38.7 Å². The lowest BCUT2D eigenvalue weighted by Gasteiger charge is -2.41. The molecule has 0 aromatic rings. The van der Waals surface area contributed by atoms with E-state index in [1.807, 2.05) is 0 Å². The van der Waals surface area contributed by atoms with Gasteiger partial charge in [0.05, 0.1) is 19.8 Å². The second kappa shape index (κ2) is 8.09. The molecule has 0 radical (unpaired) electrons. The lowest BCUT2D eigenvalue weighted by atomic mass is 9.99. The van der Waals surface area contributed by atoms with Crippen LogP contribution in [0.5, 0.6) is 0 Å². The molecule has 8 nitrogen and oxygen atoms in total. The standard InChI is InChI=1S/C10H21O8PS/c1-3-15-19(20,16-4-2)18-9-7(12)6(5-11)17-10(14)8(9)13/h6-14H,3-5H2,1-2H3/t6-,7-,8-,9+,10?/m1/s1. The molecule has 0 bridgehead atoms. The minimum Gasteiger partial charge on any atom is -0.394 e. The quantitative estimate of drug-likeness (QED) is 0.440. The zero-order chi connectivity index (χ0) is 15.3. The zero-order valence-electron chi connectivity index (χ0n) is 11.3. The largest absolute Gasteiger partial charge is 0.394 e. The highest BCUT2D eigenvalue weighted by molar-refractivity contribution is 8.07. The van der Waals surface area contributed by atoms with Crippen molar-refractivity contribution in [2.24, 2.45) is 0 Å². The van der Waals surface area contributed by atoms with Crippen molar-refractivity contribution in [1.29, 1.82) is 0 Å². The molecule has 0 amide bonds. The monoisotopic (exact) mass is 332 g/mol. The highest BCUT2D eigenvalue weighted by Gasteiger charge is 2.47. The van der Waals surface area contributed by atoms with Gasteiger partial charge in [0.25, 0.3) is 0 Å². The fourth-order valence-corrected chi connectivity index (χ4v) is 4.06. The van der Waals surface area contributed by atoms with Crippen LogP contribution in [0.3, 0.4) is 0 Å². The van der Waals surface area contributed by atoms with Crippen LogP contribution in [0.2, 0.25) is 0 Å². The maximum atomic E-state index is 10.00. The van der Waals surface area contributed by atoms with Crippen LogP contribution in [-0.4, -0.2) is 71.0 Å². The van der Waals surface area contributed by atoms with Gasteiger partial charge < -0.3 is 34.2 Å². The Balaban J connectivity index is 2.87. The third-order valence-corrected chi connectivity index (χ3v) is 5.21. The molecular weight excluding hydrogens is 311 g/mol.